The van der Waals surface area contributed by atoms with Gasteiger partial charge < -0.3 is 10.6 Å². The number of nitrogens with zero attached hydrogens (tertiary/aromatic N) is 2. The third kappa shape index (κ3) is 3.72. The molecule has 0 spiro atoms. The molecule has 0 aromatic heterocycles. The molecule has 1 unspecified atom stereocenters. The summed E-state index contributed by atoms with van der Waals surface area (Å²) < 4.78 is 0. The fraction of sp³-hybridized carbons (Fsp3) is 1.00. The maximum atomic E-state index is 6.05. The van der Waals surface area contributed by atoms with Crippen molar-refractivity contribution in [3.05, 3.63) is 0 Å². The molecule has 94 valence electrons. The lowest BCUT2D eigenvalue weighted by atomic mass is 10.1. The van der Waals surface area contributed by atoms with Crippen LogP contribution in [0.5, 0.6) is 0 Å². The van der Waals surface area contributed by atoms with Crippen molar-refractivity contribution in [2.24, 2.45) is 5.73 Å². The van der Waals surface area contributed by atoms with E-state index in [1.807, 2.05) is 0 Å². The minimum absolute atomic E-state index is 0.423. The second kappa shape index (κ2) is 5.99. The average Bonchev–Trinajstić information content (AvgIpc) is 3.11. The molecule has 3 heteroatoms. The van der Waals surface area contributed by atoms with Gasteiger partial charge in [-0.3, -0.25) is 4.90 Å². The zero-order valence-corrected chi connectivity index (χ0v) is 10.7. The van der Waals surface area contributed by atoms with Crippen LogP contribution >= 0.6 is 0 Å². The molecular formula is C13H27N3. The van der Waals surface area contributed by atoms with E-state index in [-0.39, 0.29) is 0 Å². The minimum Gasteiger partial charge on any atom is -0.328 e. The average molecular weight is 225 g/mol. The van der Waals surface area contributed by atoms with Crippen molar-refractivity contribution in [1.82, 2.24) is 9.80 Å². The van der Waals surface area contributed by atoms with Gasteiger partial charge in [0.1, 0.15) is 0 Å². The quantitative estimate of drug-likeness (QED) is 0.739. The fourth-order valence-electron chi connectivity index (χ4n) is 2.66. The SMILES string of the molecule is CCCC(N)CCN1CCN(C2CC2)CC1. The zero-order valence-electron chi connectivity index (χ0n) is 10.7. The van der Waals surface area contributed by atoms with Crippen molar-refractivity contribution in [3.63, 3.8) is 0 Å². The molecule has 16 heavy (non-hydrogen) atoms. The van der Waals surface area contributed by atoms with Gasteiger partial charge in [0, 0.05) is 38.3 Å². The molecule has 0 amide bonds. The van der Waals surface area contributed by atoms with Gasteiger partial charge in [0.2, 0.25) is 0 Å². The lowest BCUT2D eigenvalue weighted by Gasteiger charge is -2.35. The third-order valence-electron chi connectivity index (χ3n) is 3.95. The molecule has 0 radical (unpaired) electrons. The van der Waals surface area contributed by atoms with Gasteiger partial charge in [-0.05, 0) is 32.2 Å². The monoisotopic (exact) mass is 225 g/mol. The largest absolute Gasteiger partial charge is 0.328 e. The first-order chi connectivity index (χ1) is 7.79. The van der Waals surface area contributed by atoms with Crippen molar-refractivity contribution < 1.29 is 0 Å². The van der Waals surface area contributed by atoms with Gasteiger partial charge in [-0.1, -0.05) is 13.3 Å². The van der Waals surface area contributed by atoms with E-state index < -0.39 is 0 Å². The Hall–Kier alpha value is -0.120. The van der Waals surface area contributed by atoms with Gasteiger partial charge in [-0.2, -0.15) is 0 Å². The van der Waals surface area contributed by atoms with Crippen LogP contribution in [0.4, 0.5) is 0 Å². The highest BCUT2D eigenvalue weighted by Gasteiger charge is 2.30. The van der Waals surface area contributed by atoms with Crippen molar-refractivity contribution in [2.45, 2.75) is 51.1 Å². The predicted molar refractivity (Wildman–Crippen MR) is 68.5 cm³/mol. The number of hydrogen-bond donors (Lipinski definition) is 1. The van der Waals surface area contributed by atoms with Crippen molar-refractivity contribution in [3.8, 4) is 0 Å². The Morgan fingerprint density at radius 3 is 2.38 bits per heavy atom. The van der Waals surface area contributed by atoms with Gasteiger partial charge in [0.15, 0.2) is 0 Å². The fourth-order valence-corrected chi connectivity index (χ4v) is 2.66. The predicted octanol–water partition coefficient (Wildman–Crippen LogP) is 1.28. The van der Waals surface area contributed by atoms with Gasteiger partial charge in [-0.25, -0.2) is 0 Å². The lowest BCUT2D eigenvalue weighted by Crippen LogP contribution is -2.47. The zero-order chi connectivity index (χ0) is 11.4. The molecule has 2 aliphatic rings. The van der Waals surface area contributed by atoms with Gasteiger partial charge >= 0.3 is 0 Å². The lowest BCUT2D eigenvalue weighted by molar-refractivity contribution is 0.123. The first-order valence-corrected chi connectivity index (χ1v) is 7.01. The molecule has 0 bridgehead atoms. The first kappa shape index (κ1) is 12.3. The topological polar surface area (TPSA) is 32.5 Å². The van der Waals surface area contributed by atoms with E-state index in [4.69, 9.17) is 5.73 Å². The van der Waals surface area contributed by atoms with E-state index in [0.29, 0.717) is 6.04 Å². The van der Waals surface area contributed by atoms with Crippen molar-refractivity contribution in [2.75, 3.05) is 32.7 Å². The summed E-state index contributed by atoms with van der Waals surface area (Å²) in [4.78, 5) is 5.26. The Kier molecular flexibility index (Phi) is 4.62. The Morgan fingerprint density at radius 1 is 1.12 bits per heavy atom. The maximum absolute atomic E-state index is 6.05. The van der Waals surface area contributed by atoms with Gasteiger partial charge in [0.05, 0.1) is 0 Å². The van der Waals surface area contributed by atoms with Crippen molar-refractivity contribution >= 4 is 0 Å². The molecule has 2 rings (SSSR count). The van der Waals surface area contributed by atoms with E-state index in [9.17, 15) is 0 Å². The summed E-state index contributed by atoms with van der Waals surface area (Å²) in [6.07, 6.45) is 6.47. The van der Waals surface area contributed by atoms with Gasteiger partial charge in [-0.15, -0.1) is 0 Å². The van der Waals surface area contributed by atoms with Crippen LogP contribution in [0.2, 0.25) is 0 Å². The Morgan fingerprint density at radius 2 is 1.81 bits per heavy atom. The minimum atomic E-state index is 0.423. The molecule has 0 aromatic carbocycles. The van der Waals surface area contributed by atoms with E-state index in [0.717, 1.165) is 6.04 Å². The molecule has 1 aliphatic heterocycles. The Balaban J connectivity index is 1.57. The number of hydrogen-bond acceptors (Lipinski definition) is 3. The first-order valence-electron chi connectivity index (χ1n) is 7.01. The highest BCUT2D eigenvalue weighted by atomic mass is 15.3. The molecule has 1 heterocycles. The maximum Gasteiger partial charge on any atom is 0.0113 e. The van der Waals surface area contributed by atoms with Crippen LogP contribution in [0, 0.1) is 0 Å². The molecule has 3 nitrogen and oxygen atoms in total. The second-order valence-corrected chi connectivity index (χ2v) is 5.45. The summed E-state index contributed by atoms with van der Waals surface area (Å²) in [5.41, 5.74) is 6.05. The summed E-state index contributed by atoms with van der Waals surface area (Å²) in [5, 5.41) is 0. The number of piperazine rings is 1. The van der Waals surface area contributed by atoms with E-state index in [2.05, 4.69) is 16.7 Å². The molecule has 2 fully saturated rings. The molecule has 1 aliphatic carbocycles. The molecule has 1 saturated heterocycles. The molecule has 2 N–H and O–H groups in total. The van der Waals surface area contributed by atoms with Crippen molar-refractivity contribution in [1.29, 1.82) is 0 Å². The van der Waals surface area contributed by atoms with Crippen LogP contribution < -0.4 is 5.73 Å². The third-order valence-corrected chi connectivity index (χ3v) is 3.95. The Labute approximate surface area is 100.0 Å². The Bertz CT molecular complexity index is 195. The summed E-state index contributed by atoms with van der Waals surface area (Å²) in [6, 6.07) is 1.37. The van der Waals surface area contributed by atoms with Gasteiger partial charge in [0.25, 0.3) is 0 Å². The van der Waals surface area contributed by atoms with Crippen LogP contribution in [0.15, 0.2) is 0 Å². The smallest absolute Gasteiger partial charge is 0.0113 e. The van der Waals surface area contributed by atoms with E-state index in [1.165, 1.54) is 64.8 Å². The normalized spacial score (nSPS) is 25.9. The highest BCUT2D eigenvalue weighted by molar-refractivity contribution is 4.87. The summed E-state index contributed by atoms with van der Waals surface area (Å²) in [5.74, 6) is 0. The van der Waals surface area contributed by atoms with E-state index >= 15 is 0 Å². The van der Waals surface area contributed by atoms with Crippen LogP contribution in [0.25, 0.3) is 0 Å². The number of nitrogens with two attached hydrogens (primary N) is 1. The number of rotatable bonds is 6. The van der Waals surface area contributed by atoms with E-state index in [1.54, 1.807) is 0 Å². The standard InChI is InChI=1S/C13H27N3/c1-2-3-12(14)6-7-15-8-10-16(11-9-15)13-4-5-13/h12-13H,2-11,14H2,1H3. The molecular weight excluding hydrogens is 198 g/mol. The van der Waals surface area contributed by atoms with Crippen LogP contribution in [-0.4, -0.2) is 54.6 Å². The molecule has 0 aromatic rings. The second-order valence-electron chi connectivity index (χ2n) is 5.45. The molecule has 1 saturated carbocycles. The van der Waals surface area contributed by atoms with Crippen LogP contribution in [0.1, 0.15) is 39.0 Å². The molecule has 1 atom stereocenters. The van der Waals surface area contributed by atoms with Crippen LogP contribution in [0.3, 0.4) is 0 Å². The van der Waals surface area contributed by atoms with Crippen LogP contribution in [-0.2, 0) is 0 Å². The highest BCUT2D eigenvalue weighted by Crippen LogP contribution is 2.27. The summed E-state index contributed by atoms with van der Waals surface area (Å²) in [7, 11) is 0. The summed E-state index contributed by atoms with van der Waals surface area (Å²) >= 11 is 0. The summed E-state index contributed by atoms with van der Waals surface area (Å²) in [6.45, 7) is 8.51.